The largest absolute Gasteiger partial charge is 0.396 e. The van der Waals surface area contributed by atoms with Crippen LogP contribution in [0, 0.1) is 5.92 Å². The molecule has 1 rings (SSSR count). The molecule has 2 unspecified atom stereocenters. The number of nitrogens with one attached hydrogen (secondary N) is 1. The van der Waals surface area contributed by atoms with E-state index in [9.17, 15) is 18.0 Å². The maximum atomic E-state index is 12.1. The van der Waals surface area contributed by atoms with Crippen LogP contribution < -0.4 is 5.32 Å². The lowest BCUT2D eigenvalue weighted by atomic mass is 10.0. The second-order valence-electron chi connectivity index (χ2n) is 5.23. The predicted molar refractivity (Wildman–Crippen MR) is 74.0 cm³/mol. The second kappa shape index (κ2) is 7.45. The van der Waals surface area contributed by atoms with E-state index < -0.39 is 12.6 Å². The van der Waals surface area contributed by atoms with Crippen molar-refractivity contribution in [2.75, 3.05) is 6.61 Å². The Hall–Kier alpha value is -1.56. The Balaban J connectivity index is 2.59. The third kappa shape index (κ3) is 6.16. The summed E-state index contributed by atoms with van der Waals surface area (Å²) in [5.74, 6) is -0.370. The Morgan fingerprint density at radius 3 is 2.29 bits per heavy atom. The van der Waals surface area contributed by atoms with Gasteiger partial charge in [-0.25, -0.2) is 0 Å². The van der Waals surface area contributed by atoms with Crippen molar-refractivity contribution in [3.8, 4) is 0 Å². The first-order valence-corrected chi connectivity index (χ1v) is 6.80. The molecule has 0 bridgehead atoms. The fourth-order valence-electron chi connectivity index (χ4n) is 1.70. The molecule has 21 heavy (non-hydrogen) atoms. The molecule has 0 fully saturated rings. The highest BCUT2D eigenvalue weighted by Gasteiger charge is 2.26. The minimum Gasteiger partial charge on any atom is -0.396 e. The fraction of sp³-hybridized carbons (Fsp3) is 0.533. The number of aliphatic hydroxyl groups excluding tert-OH is 1. The van der Waals surface area contributed by atoms with Crippen LogP contribution in [0.25, 0.3) is 0 Å². The van der Waals surface area contributed by atoms with Gasteiger partial charge in [-0.2, -0.15) is 13.2 Å². The predicted octanol–water partition coefficient (Wildman–Crippen LogP) is 2.93. The SMILES string of the molecule is CC(CO)C(C)NC(=O)c1ccc(CCC(F)(F)F)cc1. The van der Waals surface area contributed by atoms with Crippen LogP contribution in [0.3, 0.4) is 0 Å². The van der Waals surface area contributed by atoms with Crippen LogP contribution in [-0.4, -0.2) is 29.8 Å². The summed E-state index contributed by atoms with van der Waals surface area (Å²) in [4.78, 5) is 11.9. The summed E-state index contributed by atoms with van der Waals surface area (Å²) >= 11 is 0. The Labute approximate surface area is 122 Å². The lowest BCUT2D eigenvalue weighted by molar-refractivity contribution is -0.134. The van der Waals surface area contributed by atoms with Gasteiger partial charge in [-0.1, -0.05) is 19.1 Å². The molecule has 0 saturated carbocycles. The molecule has 0 heterocycles. The average molecular weight is 303 g/mol. The molecule has 0 spiro atoms. The van der Waals surface area contributed by atoms with E-state index in [2.05, 4.69) is 5.32 Å². The van der Waals surface area contributed by atoms with Gasteiger partial charge in [0.1, 0.15) is 0 Å². The third-order valence-electron chi connectivity index (χ3n) is 3.41. The van der Waals surface area contributed by atoms with E-state index in [1.165, 1.54) is 24.3 Å². The Bertz CT molecular complexity index is 457. The van der Waals surface area contributed by atoms with Gasteiger partial charge in [0.25, 0.3) is 5.91 Å². The van der Waals surface area contributed by atoms with Crippen LogP contribution in [-0.2, 0) is 6.42 Å². The first-order chi connectivity index (χ1) is 9.73. The second-order valence-corrected chi connectivity index (χ2v) is 5.23. The van der Waals surface area contributed by atoms with Crippen LogP contribution >= 0.6 is 0 Å². The Morgan fingerprint density at radius 1 is 1.24 bits per heavy atom. The molecular weight excluding hydrogens is 283 g/mol. The van der Waals surface area contributed by atoms with Crippen molar-refractivity contribution in [3.63, 3.8) is 0 Å². The van der Waals surface area contributed by atoms with Crippen molar-refractivity contribution >= 4 is 5.91 Å². The summed E-state index contributed by atoms with van der Waals surface area (Å²) in [5.41, 5.74) is 0.934. The van der Waals surface area contributed by atoms with Crippen molar-refractivity contribution in [2.24, 2.45) is 5.92 Å². The van der Waals surface area contributed by atoms with Gasteiger partial charge in [-0.3, -0.25) is 4.79 Å². The standard InChI is InChI=1S/C15H20F3NO2/c1-10(9-20)11(2)19-14(21)13-5-3-12(4-6-13)7-8-15(16,17)18/h3-6,10-11,20H,7-9H2,1-2H3,(H,19,21). The van der Waals surface area contributed by atoms with Gasteiger partial charge in [0.15, 0.2) is 0 Å². The van der Waals surface area contributed by atoms with Gasteiger partial charge in [-0.05, 0) is 37.0 Å². The summed E-state index contributed by atoms with van der Waals surface area (Å²) < 4.78 is 36.4. The molecule has 0 aliphatic rings. The van der Waals surface area contributed by atoms with Gasteiger partial charge >= 0.3 is 6.18 Å². The number of hydrogen-bond donors (Lipinski definition) is 2. The first-order valence-electron chi connectivity index (χ1n) is 6.80. The van der Waals surface area contributed by atoms with Crippen LogP contribution in [0.4, 0.5) is 13.2 Å². The summed E-state index contributed by atoms with van der Waals surface area (Å²) in [6.45, 7) is 3.57. The maximum Gasteiger partial charge on any atom is 0.389 e. The van der Waals surface area contributed by atoms with Gasteiger partial charge in [-0.15, -0.1) is 0 Å². The smallest absolute Gasteiger partial charge is 0.389 e. The molecule has 1 aromatic carbocycles. The lowest BCUT2D eigenvalue weighted by Gasteiger charge is -2.19. The number of alkyl halides is 3. The number of aryl methyl sites for hydroxylation is 1. The summed E-state index contributed by atoms with van der Waals surface area (Å²) in [6.07, 6.45) is -5.14. The molecule has 2 atom stereocenters. The minimum atomic E-state index is -4.17. The van der Waals surface area contributed by atoms with Crippen molar-refractivity contribution < 1.29 is 23.1 Å². The molecule has 118 valence electrons. The molecular formula is C15H20F3NO2. The first kappa shape index (κ1) is 17.5. The molecule has 6 heteroatoms. The Morgan fingerprint density at radius 2 is 1.81 bits per heavy atom. The van der Waals surface area contributed by atoms with E-state index in [1.807, 2.05) is 6.92 Å². The number of benzene rings is 1. The van der Waals surface area contributed by atoms with Crippen LogP contribution in [0.2, 0.25) is 0 Å². The van der Waals surface area contributed by atoms with Gasteiger partial charge in [0, 0.05) is 24.6 Å². The zero-order chi connectivity index (χ0) is 16.0. The molecule has 0 saturated heterocycles. The van der Waals surface area contributed by atoms with E-state index in [4.69, 9.17) is 5.11 Å². The van der Waals surface area contributed by atoms with E-state index >= 15 is 0 Å². The molecule has 1 aromatic rings. The number of hydrogen-bond acceptors (Lipinski definition) is 2. The van der Waals surface area contributed by atoms with E-state index in [-0.39, 0.29) is 30.9 Å². The van der Waals surface area contributed by atoms with Crippen LogP contribution in [0.15, 0.2) is 24.3 Å². The number of rotatable bonds is 6. The number of aliphatic hydroxyl groups is 1. The Kier molecular flexibility index (Phi) is 6.20. The number of carbonyl (C=O) groups excluding carboxylic acids is 1. The van der Waals surface area contributed by atoms with Crippen LogP contribution in [0.5, 0.6) is 0 Å². The van der Waals surface area contributed by atoms with E-state index in [0.29, 0.717) is 11.1 Å². The van der Waals surface area contributed by atoms with Crippen molar-refractivity contribution in [2.45, 2.75) is 38.9 Å². The molecule has 2 N–H and O–H groups in total. The van der Waals surface area contributed by atoms with Gasteiger partial charge in [0.05, 0.1) is 0 Å². The highest BCUT2D eigenvalue weighted by Crippen LogP contribution is 2.22. The zero-order valence-corrected chi connectivity index (χ0v) is 12.1. The maximum absolute atomic E-state index is 12.1. The normalized spacial score (nSPS) is 14.6. The summed E-state index contributed by atoms with van der Waals surface area (Å²) in [7, 11) is 0. The minimum absolute atomic E-state index is 0.0299. The highest BCUT2D eigenvalue weighted by atomic mass is 19.4. The molecule has 3 nitrogen and oxygen atoms in total. The summed E-state index contributed by atoms with van der Waals surface area (Å²) in [5, 5.41) is 11.8. The van der Waals surface area contributed by atoms with E-state index in [1.54, 1.807) is 6.92 Å². The van der Waals surface area contributed by atoms with Crippen LogP contribution in [0.1, 0.15) is 36.2 Å². The van der Waals surface area contributed by atoms with Gasteiger partial charge < -0.3 is 10.4 Å². The molecule has 0 aliphatic carbocycles. The number of halogens is 3. The van der Waals surface area contributed by atoms with Crippen molar-refractivity contribution in [1.29, 1.82) is 0 Å². The average Bonchev–Trinajstić information content (AvgIpc) is 2.43. The molecule has 0 aliphatic heterocycles. The lowest BCUT2D eigenvalue weighted by Crippen LogP contribution is -2.38. The number of amides is 1. The van der Waals surface area contributed by atoms with E-state index in [0.717, 1.165) is 0 Å². The fourth-order valence-corrected chi connectivity index (χ4v) is 1.70. The van der Waals surface area contributed by atoms with Crippen molar-refractivity contribution in [3.05, 3.63) is 35.4 Å². The molecule has 0 aromatic heterocycles. The monoisotopic (exact) mass is 303 g/mol. The molecule has 1 amide bonds. The van der Waals surface area contributed by atoms with Gasteiger partial charge in [0.2, 0.25) is 0 Å². The van der Waals surface area contributed by atoms with Crippen molar-refractivity contribution in [1.82, 2.24) is 5.32 Å². The highest BCUT2D eigenvalue weighted by molar-refractivity contribution is 5.94. The zero-order valence-electron chi connectivity index (χ0n) is 12.1. The topological polar surface area (TPSA) is 49.3 Å². The summed E-state index contributed by atoms with van der Waals surface area (Å²) in [6, 6.07) is 5.89. The number of carbonyl (C=O) groups is 1. The molecule has 0 radical (unpaired) electrons. The third-order valence-corrected chi connectivity index (χ3v) is 3.41. The quantitative estimate of drug-likeness (QED) is 0.849.